The van der Waals surface area contributed by atoms with E-state index >= 15 is 0 Å². The van der Waals surface area contributed by atoms with Gasteiger partial charge in [0.2, 0.25) is 11.8 Å². The van der Waals surface area contributed by atoms with Gasteiger partial charge in [-0.05, 0) is 82.0 Å². The first kappa shape index (κ1) is 31.6. The monoisotopic (exact) mass is 609 g/mol. The van der Waals surface area contributed by atoms with Gasteiger partial charge in [-0.15, -0.1) is 0 Å². The van der Waals surface area contributed by atoms with E-state index in [4.69, 9.17) is 11.6 Å². The quantitative estimate of drug-likeness (QED) is 0.291. The summed E-state index contributed by atoms with van der Waals surface area (Å²) in [5, 5.41) is 3.68. The maximum Gasteiger partial charge on any atom is 0.264 e. The zero-order chi connectivity index (χ0) is 30.4. The number of carbonyl (C=O) groups excluding carboxylic acids is 2. The van der Waals surface area contributed by atoms with Gasteiger partial charge in [-0.25, -0.2) is 8.42 Å². The van der Waals surface area contributed by atoms with Crippen molar-refractivity contribution in [2.45, 2.75) is 83.3 Å². The van der Waals surface area contributed by atoms with Crippen LogP contribution in [0.2, 0.25) is 5.02 Å². The van der Waals surface area contributed by atoms with Crippen molar-refractivity contribution in [1.82, 2.24) is 10.2 Å². The van der Waals surface area contributed by atoms with Gasteiger partial charge in [0.05, 0.1) is 10.6 Å². The summed E-state index contributed by atoms with van der Waals surface area (Å²) in [4.78, 5) is 29.2. The fourth-order valence-corrected chi connectivity index (χ4v) is 6.98. The smallest absolute Gasteiger partial charge is 0.264 e. The summed E-state index contributed by atoms with van der Waals surface area (Å²) >= 11 is 6.09. The predicted molar refractivity (Wildman–Crippen MR) is 168 cm³/mol. The molecule has 0 heterocycles. The Hall–Kier alpha value is -3.36. The molecule has 3 aromatic carbocycles. The van der Waals surface area contributed by atoms with Crippen molar-refractivity contribution in [2.24, 2.45) is 0 Å². The highest BCUT2D eigenvalue weighted by Gasteiger charge is 2.33. The summed E-state index contributed by atoms with van der Waals surface area (Å²) in [7, 11) is -4.11. The van der Waals surface area contributed by atoms with Crippen LogP contribution in [0.3, 0.4) is 0 Å². The fraction of sp³-hybridized carbons (Fsp3) is 0.394. The number of nitrogens with zero attached hydrogens (tertiary/aromatic N) is 2. The van der Waals surface area contributed by atoms with Gasteiger partial charge in [-0.2, -0.15) is 0 Å². The number of aryl methyl sites for hydroxylation is 3. The maximum absolute atomic E-state index is 14.2. The lowest BCUT2D eigenvalue weighted by molar-refractivity contribution is -0.139. The van der Waals surface area contributed by atoms with E-state index in [0.29, 0.717) is 10.7 Å². The van der Waals surface area contributed by atoms with Crippen molar-refractivity contribution in [3.8, 4) is 0 Å². The lowest BCUT2D eigenvalue weighted by Gasteiger charge is -2.33. The zero-order valence-corrected chi connectivity index (χ0v) is 26.3. The highest BCUT2D eigenvalue weighted by molar-refractivity contribution is 7.92. The number of hydrogen-bond acceptors (Lipinski definition) is 4. The van der Waals surface area contributed by atoms with Gasteiger partial charge in [0.25, 0.3) is 10.0 Å². The van der Waals surface area contributed by atoms with Gasteiger partial charge in [-0.1, -0.05) is 78.4 Å². The molecule has 0 aromatic heterocycles. The van der Waals surface area contributed by atoms with Gasteiger partial charge in [0.1, 0.15) is 12.6 Å². The van der Waals surface area contributed by atoms with Crippen molar-refractivity contribution >= 4 is 39.1 Å². The average molecular weight is 610 g/mol. The van der Waals surface area contributed by atoms with Crippen LogP contribution in [-0.4, -0.2) is 43.8 Å². The Balaban J connectivity index is 1.69. The summed E-state index contributed by atoms with van der Waals surface area (Å²) < 4.78 is 29.3. The third-order valence-corrected chi connectivity index (χ3v) is 9.92. The Labute approximate surface area is 254 Å². The van der Waals surface area contributed by atoms with E-state index in [0.717, 1.165) is 58.7 Å². The molecule has 4 rings (SSSR count). The topological polar surface area (TPSA) is 86.8 Å². The lowest BCUT2D eigenvalue weighted by atomic mass is 9.95. The standard InChI is InChI=1S/C33H40ClN3O4S/c1-23-10-17-30(18-11-23)42(40,41)37(31-19-12-24(2)20-25(31)3)22-32(38)36(21-27-13-15-28(34)16-14-27)26(4)33(39)35-29-8-6-5-7-9-29/h10-20,26,29H,5-9,21-22H2,1-4H3,(H,35,39)/t26-/m1/s1. The van der Waals surface area contributed by atoms with E-state index in [2.05, 4.69) is 5.32 Å². The minimum atomic E-state index is -4.11. The van der Waals surface area contributed by atoms with Crippen molar-refractivity contribution in [3.05, 3.63) is 94.0 Å². The summed E-state index contributed by atoms with van der Waals surface area (Å²) in [6.45, 7) is 7.00. The zero-order valence-electron chi connectivity index (χ0n) is 24.8. The molecule has 42 heavy (non-hydrogen) atoms. The second kappa shape index (κ2) is 13.7. The molecule has 1 saturated carbocycles. The molecular formula is C33H40ClN3O4S. The Kier molecular flexibility index (Phi) is 10.3. The normalized spacial score (nSPS) is 14.7. The molecule has 1 fully saturated rings. The number of anilines is 1. The summed E-state index contributed by atoms with van der Waals surface area (Å²) in [6, 6.07) is 18.4. The summed E-state index contributed by atoms with van der Waals surface area (Å²) in [6.07, 6.45) is 5.12. The predicted octanol–water partition coefficient (Wildman–Crippen LogP) is 6.33. The first-order chi connectivity index (χ1) is 20.0. The van der Waals surface area contributed by atoms with Gasteiger partial charge in [0.15, 0.2) is 0 Å². The second-order valence-corrected chi connectivity index (χ2v) is 13.6. The molecule has 1 aliphatic rings. The van der Waals surface area contributed by atoms with Crippen LogP contribution in [0.25, 0.3) is 0 Å². The summed E-state index contributed by atoms with van der Waals surface area (Å²) in [5.41, 5.74) is 3.83. The molecule has 0 unspecified atom stereocenters. The Morgan fingerprint density at radius 1 is 0.905 bits per heavy atom. The molecule has 1 N–H and O–H groups in total. The molecule has 2 amide bonds. The van der Waals surface area contributed by atoms with E-state index in [-0.39, 0.29) is 23.4 Å². The first-order valence-electron chi connectivity index (χ1n) is 14.5. The van der Waals surface area contributed by atoms with Crippen LogP contribution in [0.4, 0.5) is 5.69 Å². The third-order valence-electron chi connectivity index (χ3n) is 7.89. The van der Waals surface area contributed by atoms with E-state index in [1.807, 2.05) is 32.9 Å². The largest absolute Gasteiger partial charge is 0.352 e. The van der Waals surface area contributed by atoms with Gasteiger partial charge >= 0.3 is 0 Å². The molecule has 0 bridgehead atoms. The molecule has 7 nitrogen and oxygen atoms in total. The Bertz CT molecular complexity index is 1500. The Morgan fingerprint density at radius 2 is 1.52 bits per heavy atom. The highest BCUT2D eigenvalue weighted by Crippen LogP contribution is 2.28. The molecule has 224 valence electrons. The molecule has 0 saturated heterocycles. The van der Waals surface area contributed by atoms with Crippen LogP contribution in [0.5, 0.6) is 0 Å². The van der Waals surface area contributed by atoms with E-state index in [1.54, 1.807) is 61.5 Å². The van der Waals surface area contributed by atoms with Crippen molar-refractivity contribution in [3.63, 3.8) is 0 Å². The number of rotatable bonds is 10. The van der Waals surface area contributed by atoms with Crippen molar-refractivity contribution in [2.75, 3.05) is 10.8 Å². The minimum Gasteiger partial charge on any atom is -0.352 e. The number of sulfonamides is 1. The van der Waals surface area contributed by atoms with Crippen LogP contribution in [0, 0.1) is 20.8 Å². The molecule has 0 aliphatic heterocycles. The van der Waals surface area contributed by atoms with Crippen LogP contribution >= 0.6 is 11.6 Å². The van der Waals surface area contributed by atoms with Crippen molar-refractivity contribution < 1.29 is 18.0 Å². The van der Waals surface area contributed by atoms with E-state index in [1.165, 1.54) is 4.90 Å². The van der Waals surface area contributed by atoms with Gasteiger partial charge < -0.3 is 10.2 Å². The van der Waals surface area contributed by atoms with Gasteiger partial charge in [0, 0.05) is 17.6 Å². The van der Waals surface area contributed by atoms with Crippen LogP contribution < -0.4 is 9.62 Å². The molecular weight excluding hydrogens is 570 g/mol. The number of amides is 2. The molecule has 0 spiro atoms. The van der Waals surface area contributed by atoms with E-state index in [9.17, 15) is 18.0 Å². The molecule has 1 aliphatic carbocycles. The molecule has 3 aromatic rings. The number of carbonyl (C=O) groups is 2. The number of nitrogens with one attached hydrogen (secondary N) is 1. The van der Waals surface area contributed by atoms with Crippen LogP contribution in [-0.2, 0) is 26.2 Å². The average Bonchev–Trinajstić information content (AvgIpc) is 2.96. The van der Waals surface area contributed by atoms with Crippen molar-refractivity contribution in [1.29, 1.82) is 0 Å². The number of benzene rings is 3. The fourth-order valence-electron chi connectivity index (χ4n) is 5.37. The molecule has 9 heteroatoms. The summed E-state index contributed by atoms with van der Waals surface area (Å²) in [5.74, 6) is -0.726. The van der Waals surface area contributed by atoms with Crippen LogP contribution in [0.1, 0.15) is 61.3 Å². The Morgan fingerprint density at radius 3 is 2.14 bits per heavy atom. The SMILES string of the molecule is Cc1ccc(S(=O)(=O)N(CC(=O)N(Cc2ccc(Cl)cc2)[C@H](C)C(=O)NC2CCCCC2)c2ccc(C)cc2C)cc1. The third kappa shape index (κ3) is 7.72. The lowest BCUT2D eigenvalue weighted by Crippen LogP contribution is -2.53. The maximum atomic E-state index is 14.2. The molecule has 1 atom stereocenters. The first-order valence-corrected chi connectivity index (χ1v) is 16.3. The highest BCUT2D eigenvalue weighted by atomic mass is 35.5. The second-order valence-electron chi connectivity index (χ2n) is 11.3. The number of hydrogen-bond donors (Lipinski definition) is 1. The van der Waals surface area contributed by atoms with Crippen LogP contribution in [0.15, 0.2) is 71.6 Å². The van der Waals surface area contributed by atoms with Gasteiger partial charge in [-0.3, -0.25) is 13.9 Å². The van der Waals surface area contributed by atoms with E-state index < -0.39 is 28.5 Å². The number of halogens is 1. The molecule has 0 radical (unpaired) electrons. The minimum absolute atomic E-state index is 0.0785.